The average Bonchev–Trinajstić information content (AvgIpc) is 2.62. The quantitative estimate of drug-likeness (QED) is 0.777. The van der Waals surface area contributed by atoms with Gasteiger partial charge in [-0.25, -0.2) is 0 Å². The fraction of sp³-hybridized carbons (Fsp3) is 0.579. The molecule has 1 heterocycles. The van der Waals surface area contributed by atoms with Gasteiger partial charge in [-0.3, -0.25) is 14.5 Å². The zero-order valence-corrected chi connectivity index (χ0v) is 14.9. The lowest BCUT2D eigenvalue weighted by atomic mass is 10.1. The maximum absolute atomic E-state index is 12.5. The zero-order chi connectivity index (χ0) is 17.4. The van der Waals surface area contributed by atoms with Gasteiger partial charge < -0.3 is 10.2 Å². The molecule has 0 bridgehead atoms. The van der Waals surface area contributed by atoms with E-state index in [4.69, 9.17) is 0 Å². The first kappa shape index (κ1) is 18.5. The number of carbonyl (C=O) groups is 2. The lowest BCUT2D eigenvalue weighted by molar-refractivity contribution is -0.122. The molecule has 0 aromatic heterocycles. The number of hydrogen-bond acceptors (Lipinski definition) is 3. The number of unbranched alkanes of at least 4 members (excludes halogenated alkanes) is 1. The predicted octanol–water partition coefficient (Wildman–Crippen LogP) is 1.92. The highest BCUT2D eigenvalue weighted by Crippen LogP contribution is 2.10. The number of hydrogen-bond donors (Lipinski definition) is 1. The van der Waals surface area contributed by atoms with E-state index >= 15 is 0 Å². The van der Waals surface area contributed by atoms with Gasteiger partial charge in [0, 0.05) is 38.3 Å². The van der Waals surface area contributed by atoms with E-state index in [-0.39, 0.29) is 11.8 Å². The van der Waals surface area contributed by atoms with Gasteiger partial charge in [0.25, 0.3) is 5.91 Å². The Morgan fingerprint density at radius 3 is 2.29 bits per heavy atom. The first-order chi connectivity index (χ1) is 11.6. The van der Waals surface area contributed by atoms with Gasteiger partial charge in [0.15, 0.2) is 0 Å². The monoisotopic (exact) mass is 331 g/mol. The predicted molar refractivity (Wildman–Crippen MR) is 96.1 cm³/mol. The molecule has 24 heavy (non-hydrogen) atoms. The van der Waals surface area contributed by atoms with Crippen LogP contribution in [0, 0.1) is 0 Å². The van der Waals surface area contributed by atoms with Gasteiger partial charge in [0.1, 0.15) is 0 Å². The van der Waals surface area contributed by atoms with Crippen molar-refractivity contribution in [1.29, 1.82) is 0 Å². The molecule has 1 fully saturated rings. The fourth-order valence-electron chi connectivity index (χ4n) is 2.84. The number of piperazine rings is 1. The third-order valence-corrected chi connectivity index (χ3v) is 4.49. The molecule has 0 spiro atoms. The molecule has 5 heteroatoms. The smallest absolute Gasteiger partial charge is 0.253 e. The summed E-state index contributed by atoms with van der Waals surface area (Å²) < 4.78 is 0. The SMILES string of the molecule is CCCCNC(=O)CN1CCN(C(=O)c2ccc(CC)cc2)CC1. The Hall–Kier alpha value is -1.88. The molecule has 1 aliphatic rings. The lowest BCUT2D eigenvalue weighted by Gasteiger charge is -2.34. The maximum Gasteiger partial charge on any atom is 0.253 e. The minimum Gasteiger partial charge on any atom is -0.355 e. The van der Waals surface area contributed by atoms with Crippen molar-refractivity contribution < 1.29 is 9.59 Å². The van der Waals surface area contributed by atoms with Crippen molar-refractivity contribution in [2.45, 2.75) is 33.1 Å². The summed E-state index contributed by atoms with van der Waals surface area (Å²) in [5.74, 6) is 0.170. The summed E-state index contributed by atoms with van der Waals surface area (Å²) in [5, 5.41) is 2.94. The second-order valence-electron chi connectivity index (χ2n) is 6.32. The number of benzene rings is 1. The second-order valence-corrected chi connectivity index (χ2v) is 6.32. The summed E-state index contributed by atoms with van der Waals surface area (Å²) in [7, 11) is 0. The van der Waals surface area contributed by atoms with Crippen LogP contribution in [0.4, 0.5) is 0 Å². The number of amides is 2. The van der Waals surface area contributed by atoms with Crippen LogP contribution in [0.25, 0.3) is 0 Å². The van der Waals surface area contributed by atoms with Crippen molar-refractivity contribution in [3.63, 3.8) is 0 Å². The van der Waals surface area contributed by atoms with Gasteiger partial charge in [-0.1, -0.05) is 32.4 Å². The summed E-state index contributed by atoms with van der Waals surface area (Å²) in [6.07, 6.45) is 3.08. The van der Waals surface area contributed by atoms with E-state index in [0.717, 1.165) is 44.5 Å². The van der Waals surface area contributed by atoms with E-state index in [1.54, 1.807) is 0 Å². The van der Waals surface area contributed by atoms with Gasteiger partial charge in [0.05, 0.1) is 6.54 Å². The van der Waals surface area contributed by atoms with Crippen molar-refractivity contribution in [3.8, 4) is 0 Å². The van der Waals surface area contributed by atoms with E-state index < -0.39 is 0 Å². The highest BCUT2D eigenvalue weighted by molar-refractivity contribution is 5.94. The number of aryl methyl sites for hydroxylation is 1. The molecule has 1 aromatic rings. The van der Waals surface area contributed by atoms with Gasteiger partial charge >= 0.3 is 0 Å². The molecule has 1 aliphatic heterocycles. The van der Waals surface area contributed by atoms with Crippen molar-refractivity contribution in [3.05, 3.63) is 35.4 Å². The Kier molecular flexibility index (Phi) is 7.25. The topological polar surface area (TPSA) is 52.7 Å². The van der Waals surface area contributed by atoms with Crippen LogP contribution in [0.5, 0.6) is 0 Å². The zero-order valence-electron chi connectivity index (χ0n) is 14.9. The molecule has 2 amide bonds. The first-order valence-corrected chi connectivity index (χ1v) is 9.01. The molecule has 132 valence electrons. The van der Waals surface area contributed by atoms with Crippen LogP contribution in [-0.4, -0.2) is 60.9 Å². The molecule has 2 rings (SSSR count). The third kappa shape index (κ3) is 5.34. The molecule has 0 atom stereocenters. The van der Waals surface area contributed by atoms with Crippen molar-refractivity contribution in [1.82, 2.24) is 15.1 Å². The van der Waals surface area contributed by atoms with Gasteiger partial charge in [-0.05, 0) is 30.5 Å². The molecule has 0 aliphatic carbocycles. The Morgan fingerprint density at radius 1 is 1.04 bits per heavy atom. The Balaban J connectivity index is 1.77. The summed E-state index contributed by atoms with van der Waals surface area (Å²) in [4.78, 5) is 28.4. The highest BCUT2D eigenvalue weighted by atomic mass is 16.2. The summed E-state index contributed by atoms with van der Waals surface area (Å²) in [6, 6.07) is 7.86. The fourth-order valence-corrected chi connectivity index (χ4v) is 2.84. The molecular weight excluding hydrogens is 302 g/mol. The Morgan fingerprint density at radius 2 is 1.71 bits per heavy atom. The standard InChI is InChI=1S/C19H29N3O2/c1-3-5-10-20-18(23)15-21-11-13-22(14-12-21)19(24)17-8-6-16(4-2)7-9-17/h6-9H,3-5,10-15H2,1-2H3,(H,20,23). The maximum atomic E-state index is 12.5. The normalized spacial score (nSPS) is 15.3. The number of carbonyl (C=O) groups excluding carboxylic acids is 2. The lowest BCUT2D eigenvalue weighted by Crippen LogP contribution is -2.51. The van der Waals surface area contributed by atoms with Crippen LogP contribution in [0.15, 0.2) is 24.3 Å². The van der Waals surface area contributed by atoms with E-state index in [1.165, 1.54) is 5.56 Å². The Labute approximate surface area is 145 Å². The van der Waals surface area contributed by atoms with Gasteiger partial charge in [-0.2, -0.15) is 0 Å². The van der Waals surface area contributed by atoms with Gasteiger partial charge in [0.2, 0.25) is 5.91 Å². The second kappa shape index (κ2) is 9.42. The minimum absolute atomic E-state index is 0.0818. The average molecular weight is 331 g/mol. The minimum atomic E-state index is 0.0818. The summed E-state index contributed by atoms with van der Waals surface area (Å²) in [6.45, 7) is 8.25. The molecule has 1 aromatic carbocycles. The van der Waals surface area contributed by atoms with Crippen LogP contribution in [0.1, 0.15) is 42.6 Å². The first-order valence-electron chi connectivity index (χ1n) is 9.01. The Bertz CT molecular complexity index is 534. The summed E-state index contributed by atoms with van der Waals surface area (Å²) in [5.41, 5.74) is 1.99. The largest absolute Gasteiger partial charge is 0.355 e. The van der Waals surface area contributed by atoms with E-state index in [2.05, 4.69) is 24.1 Å². The van der Waals surface area contributed by atoms with Gasteiger partial charge in [-0.15, -0.1) is 0 Å². The van der Waals surface area contributed by atoms with E-state index in [9.17, 15) is 9.59 Å². The summed E-state index contributed by atoms with van der Waals surface area (Å²) >= 11 is 0. The molecule has 0 saturated carbocycles. The van der Waals surface area contributed by atoms with Crippen LogP contribution >= 0.6 is 0 Å². The number of nitrogens with one attached hydrogen (secondary N) is 1. The number of rotatable bonds is 7. The molecule has 1 saturated heterocycles. The molecular formula is C19H29N3O2. The van der Waals surface area contributed by atoms with Crippen molar-refractivity contribution >= 4 is 11.8 Å². The third-order valence-electron chi connectivity index (χ3n) is 4.49. The van der Waals surface area contributed by atoms with E-state index in [0.29, 0.717) is 19.6 Å². The van der Waals surface area contributed by atoms with Crippen LogP contribution in [0.2, 0.25) is 0 Å². The molecule has 1 N–H and O–H groups in total. The molecule has 0 unspecified atom stereocenters. The van der Waals surface area contributed by atoms with Crippen LogP contribution in [-0.2, 0) is 11.2 Å². The van der Waals surface area contributed by atoms with Crippen LogP contribution in [0.3, 0.4) is 0 Å². The highest BCUT2D eigenvalue weighted by Gasteiger charge is 2.23. The molecule has 5 nitrogen and oxygen atoms in total. The van der Waals surface area contributed by atoms with E-state index in [1.807, 2.05) is 29.2 Å². The number of nitrogens with zero attached hydrogens (tertiary/aromatic N) is 2. The van der Waals surface area contributed by atoms with Crippen LogP contribution < -0.4 is 5.32 Å². The van der Waals surface area contributed by atoms with Crippen molar-refractivity contribution in [2.75, 3.05) is 39.3 Å². The molecule has 0 radical (unpaired) electrons. The van der Waals surface area contributed by atoms with Crippen molar-refractivity contribution in [2.24, 2.45) is 0 Å².